The van der Waals surface area contributed by atoms with Crippen LogP contribution in [0.4, 0.5) is 0 Å². The molecule has 0 aromatic carbocycles. The highest BCUT2D eigenvalue weighted by Gasteiger charge is 2.16. The summed E-state index contributed by atoms with van der Waals surface area (Å²) < 4.78 is 0. The van der Waals surface area contributed by atoms with Crippen LogP contribution in [-0.4, -0.2) is 18.9 Å². The van der Waals surface area contributed by atoms with Gasteiger partial charge in [0, 0.05) is 12.8 Å². The minimum absolute atomic E-state index is 0.503. The van der Waals surface area contributed by atoms with Gasteiger partial charge in [0.05, 0.1) is 0 Å². The quantitative estimate of drug-likeness (QED) is 0.642. The topological polar surface area (TPSA) is 29.1 Å². The van der Waals surface area contributed by atoms with Crippen molar-refractivity contribution < 1.29 is 4.79 Å². The molecule has 0 atom stereocenters. The van der Waals surface area contributed by atoms with Crippen LogP contribution in [0.3, 0.4) is 0 Å². The van der Waals surface area contributed by atoms with E-state index in [0.29, 0.717) is 11.7 Å². The molecule has 1 N–H and O–H groups in total. The van der Waals surface area contributed by atoms with Crippen molar-refractivity contribution in [3.63, 3.8) is 0 Å². The van der Waals surface area contributed by atoms with Crippen LogP contribution < -0.4 is 5.32 Å². The van der Waals surface area contributed by atoms with Crippen molar-refractivity contribution in [1.29, 1.82) is 0 Å². The molecule has 1 aliphatic heterocycles. The van der Waals surface area contributed by atoms with Gasteiger partial charge in [-0.15, -0.1) is 0 Å². The van der Waals surface area contributed by atoms with Crippen LogP contribution in [0.25, 0.3) is 0 Å². The van der Waals surface area contributed by atoms with E-state index in [2.05, 4.69) is 12.2 Å². The monoisotopic (exact) mass is 225 g/mol. The fraction of sp³-hybridized carbons (Fsp3) is 0.929. The second-order valence-electron chi connectivity index (χ2n) is 5.10. The molecule has 1 saturated heterocycles. The van der Waals surface area contributed by atoms with E-state index in [0.717, 1.165) is 32.4 Å². The van der Waals surface area contributed by atoms with Gasteiger partial charge in [-0.25, -0.2) is 0 Å². The van der Waals surface area contributed by atoms with Crippen molar-refractivity contribution in [3.05, 3.63) is 0 Å². The van der Waals surface area contributed by atoms with E-state index in [4.69, 9.17) is 0 Å². The highest BCUT2D eigenvalue weighted by molar-refractivity contribution is 5.78. The van der Waals surface area contributed by atoms with Crippen LogP contribution in [0.1, 0.15) is 64.7 Å². The molecule has 2 heteroatoms. The fourth-order valence-corrected chi connectivity index (χ4v) is 2.44. The van der Waals surface area contributed by atoms with Gasteiger partial charge in [-0.2, -0.15) is 0 Å². The van der Waals surface area contributed by atoms with Crippen molar-refractivity contribution in [1.82, 2.24) is 5.32 Å². The van der Waals surface area contributed by atoms with E-state index >= 15 is 0 Å². The normalized spacial score (nSPS) is 17.6. The van der Waals surface area contributed by atoms with Crippen molar-refractivity contribution >= 4 is 5.78 Å². The number of unbranched alkanes of at least 4 members (excludes halogenated alkanes) is 4. The second-order valence-corrected chi connectivity index (χ2v) is 5.10. The first kappa shape index (κ1) is 13.7. The summed E-state index contributed by atoms with van der Waals surface area (Å²) in [7, 11) is 0. The lowest BCUT2D eigenvalue weighted by Crippen LogP contribution is -2.28. The minimum Gasteiger partial charge on any atom is -0.317 e. The molecular formula is C14H27NO. The third-order valence-electron chi connectivity index (χ3n) is 3.53. The Bertz CT molecular complexity index is 185. The molecule has 16 heavy (non-hydrogen) atoms. The van der Waals surface area contributed by atoms with Gasteiger partial charge < -0.3 is 5.32 Å². The largest absolute Gasteiger partial charge is 0.317 e. The Balaban J connectivity index is 1.97. The van der Waals surface area contributed by atoms with Crippen LogP contribution in [0.15, 0.2) is 0 Å². The second kappa shape index (κ2) is 8.74. The summed E-state index contributed by atoms with van der Waals surface area (Å²) in [5, 5.41) is 3.34. The zero-order chi connectivity index (χ0) is 11.6. The molecule has 0 spiro atoms. The lowest BCUT2D eigenvalue weighted by atomic mass is 9.91. The number of rotatable bonds is 8. The van der Waals surface area contributed by atoms with Gasteiger partial charge in [-0.3, -0.25) is 4.79 Å². The SMILES string of the molecule is CCCCCCCC(=O)CC1CCNCC1. The van der Waals surface area contributed by atoms with E-state index < -0.39 is 0 Å². The molecule has 1 aliphatic rings. The van der Waals surface area contributed by atoms with Gasteiger partial charge in [0.1, 0.15) is 5.78 Å². The number of piperidine rings is 1. The Morgan fingerprint density at radius 3 is 2.50 bits per heavy atom. The molecule has 0 bridgehead atoms. The maximum atomic E-state index is 11.7. The summed E-state index contributed by atoms with van der Waals surface area (Å²) in [5.41, 5.74) is 0. The zero-order valence-corrected chi connectivity index (χ0v) is 10.8. The summed E-state index contributed by atoms with van der Waals surface area (Å²) in [5.74, 6) is 1.17. The standard InChI is InChI=1S/C14H27NO/c1-2-3-4-5-6-7-14(16)12-13-8-10-15-11-9-13/h13,15H,2-12H2,1H3. The molecule has 0 unspecified atom stereocenters. The summed E-state index contributed by atoms with van der Waals surface area (Å²) in [6.45, 7) is 4.44. The smallest absolute Gasteiger partial charge is 0.133 e. The Labute approximate surface area is 100 Å². The number of hydrogen-bond donors (Lipinski definition) is 1. The molecule has 0 saturated carbocycles. The maximum absolute atomic E-state index is 11.7. The zero-order valence-electron chi connectivity index (χ0n) is 10.8. The Kier molecular flexibility index (Phi) is 7.48. The van der Waals surface area contributed by atoms with E-state index in [-0.39, 0.29) is 0 Å². The lowest BCUT2D eigenvalue weighted by molar-refractivity contribution is -0.120. The van der Waals surface area contributed by atoms with Gasteiger partial charge in [-0.05, 0) is 38.3 Å². The average molecular weight is 225 g/mol. The number of nitrogens with one attached hydrogen (secondary N) is 1. The lowest BCUT2D eigenvalue weighted by Gasteiger charge is -2.21. The first-order chi connectivity index (χ1) is 7.83. The molecule has 94 valence electrons. The van der Waals surface area contributed by atoms with Gasteiger partial charge in [0.15, 0.2) is 0 Å². The van der Waals surface area contributed by atoms with Crippen molar-refractivity contribution in [2.45, 2.75) is 64.7 Å². The van der Waals surface area contributed by atoms with Crippen molar-refractivity contribution in [2.75, 3.05) is 13.1 Å². The summed E-state index contributed by atoms with van der Waals surface area (Å²) in [4.78, 5) is 11.7. The molecule has 0 aromatic rings. The van der Waals surface area contributed by atoms with Crippen molar-refractivity contribution in [2.24, 2.45) is 5.92 Å². The first-order valence-electron chi connectivity index (χ1n) is 7.05. The highest BCUT2D eigenvalue weighted by atomic mass is 16.1. The van der Waals surface area contributed by atoms with E-state index in [1.807, 2.05) is 0 Å². The molecule has 0 aliphatic carbocycles. The Morgan fingerprint density at radius 2 is 1.81 bits per heavy atom. The van der Waals surface area contributed by atoms with Crippen LogP contribution in [0.2, 0.25) is 0 Å². The maximum Gasteiger partial charge on any atom is 0.133 e. The molecule has 0 aromatic heterocycles. The predicted octanol–water partition coefficient (Wildman–Crippen LogP) is 3.31. The van der Waals surface area contributed by atoms with Gasteiger partial charge in [0.25, 0.3) is 0 Å². The van der Waals surface area contributed by atoms with E-state index in [9.17, 15) is 4.79 Å². The molecular weight excluding hydrogens is 198 g/mol. The van der Waals surface area contributed by atoms with Gasteiger partial charge in [0.2, 0.25) is 0 Å². The van der Waals surface area contributed by atoms with E-state index in [1.54, 1.807) is 0 Å². The average Bonchev–Trinajstić information content (AvgIpc) is 2.30. The van der Waals surface area contributed by atoms with Gasteiger partial charge in [-0.1, -0.05) is 32.6 Å². The van der Waals surface area contributed by atoms with Gasteiger partial charge >= 0.3 is 0 Å². The predicted molar refractivity (Wildman–Crippen MR) is 68.6 cm³/mol. The molecule has 1 heterocycles. The number of Topliss-reactive ketones (excluding diaryl/α,β-unsaturated/α-hetero) is 1. The number of carbonyl (C=O) groups excluding carboxylic acids is 1. The number of carbonyl (C=O) groups is 1. The number of ketones is 1. The Morgan fingerprint density at radius 1 is 1.12 bits per heavy atom. The van der Waals surface area contributed by atoms with Crippen molar-refractivity contribution in [3.8, 4) is 0 Å². The number of hydrogen-bond acceptors (Lipinski definition) is 2. The van der Waals surface area contributed by atoms with Crippen LogP contribution in [0.5, 0.6) is 0 Å². The van der Waals surface area contributed by atoms with Crippen LogP contribution in [-0.2, 0) is 4.79 Å². The Hall–Kier alpha value is -0.370. The van der Waals surface area contributed by atoms with Crippen LogP contribution >= 0.6 is 0 Å². The summed E-state index contributed by atoms with van der Waals surface area (Å²) in [6, 6.07) is 0. The molecule has 1 fully saturated rings. The van der Waals surface area contributed by atoms with Crippen LogP contribution in [0, 0.1) is 5.92 Å². The highest BCUT2D eigenvalue weighted by Crippen LogP contribution is 2.18. The summed E-state index contributed by atoms with van der Waals surface area (Å²) >= 11 is 0. The molecule has 0 amide bonds. The third-order valence-corrected chi connectivity index (χ3v) is 3.53. The fourth-order valence-electron chi connectivity index (χ4n) is 2.44. The minimum atomic E-state index is 0.503. The summed E-state index contributed by atoms with van der Waals surface area (Å²) in [6.07, 6.45) is 10.3. The molecule has 0 radical (unpaired) electrons. The molecule has 2 nitrogen and oxygen atoms in total. The first-order valence-corrected chi connectivity index (χ1v) is 7.05. The molecule has 1 rings (SSSR count). The van der Waals surface area contributed by atoms with E-state index in [1.165, 1.54) is 38.5 Å². The third kappa shape index (κ3) is 6.26.